The molecule has 0 heterocycles. The number of hydrogen-bond acceptors (Lipinski definition) is 2. The lowest BCUT2D eigenvalue weighted by molar-refractivity contribution is -0.143. The van der Waals surface area contributed by atoms with Gasteiger partial charge in [0.15, 0.2) is 0 Å². The van der Waals surface area contributed by atoms with Gasteiger partial charge < -0.3 is 4.74 Å². The van der Waals surface area contributed by atoms with E-state index < -0.39 is 0 Å². The van der Waals surface area contributed by atoms with Crippen LogP contribution in [0.2, 0.25) is 0 Å². The van der Waals surface area contributed by atoms with E-state index in [1.54, 1.807) is 0 Å². The Labute approximate surface area is 80.3 Å². The number of allylic oxidation sites excluding steroid dienone is 3. The minimum Gasteiger partial charge on any atom is -0.465 e. The molecule has 74 valence electrons. The second kappa shape index (κ2) is 9.04. The van der Waals surface area contributed by atoms with E-state index in [1.807, 2.05) is 38.2 Å². The smallest absolute Gasteiger partial charge is 0.306 e. The van der Waals surface area contributed by atoms with Gasteiger partial charge in [-0.15, -0.1) is 0 Å². The molecule has 0 aromatic carbocycles. The van der Waals surface area contributed by atoms with E-state index in [4.69, 9.17) is 4.74 Å². The molecule has 0 spiro atoms. The third kappa shape index (κ3) is 8.86. The van der Waals surface area contributed by atoms with E-state index in [-0.39, 0.29) is 5.97 Å². The second-order valence-corrected chi connectivity index (χ2v) is 2.69. The summed E-state index contributed by atoms with van der Waals surface area (Å²) in [6.45, 7) is 4.39. The van der Waals surface area contributed by atoms with Crippen molar-refractivity contribution in [2.24, 2.45) is 0 Å². The van der Waals surface area contributed by atoms with E-state index in [9.17, 15) is 4.79 Å². The molecular weight excluding hydrogens is 164 g/mol. The van der Waals surface area contributed by atoms with Crippen LogP contribution in [0.25, 0.3) is 0 Å². The summed E-state index contributed by atoms with van der Waals surface area (Å²) >= 11 is 0. The molecular formula is C11H18O2. The lowest BCUT2D eigenvalue weighted by atomic mass is 10.3. The summed E-state index contributed by atoms with van der Waals surface area (Å²) in [5.41, 5.74) is 0. The molecule has 0 radical (unpaired) electrons. The van der Waals surface area contributed by atoms with Crippen LogP contribution in [0.4, 0.5) is 0 Å². The summed E-state index contributed by atoms with van der Waals surface area (Å²) < 4.78 is 4.97. The largest absolute Gasteiger partial charge is 0.465 e. The molecule has 0 aromatic rings. The molecule has 0 N–H and O–H groups in total. The Hall–Kier alpha value is -1.05. The highest BCUT2D eigenvalue weighted by molar-refractivity contribution is 5.69. The summed E-state index contributed by atoms with van der Waals surface area (Å²) in [5, 5.41) is 0. The van der Waals surface area contributed by atoms with Crippen LogP contribution in [-0.4, -0.2) is 12.6 Å². The van der Waals surface area contributed by atoms with Gasteiger partial charge in [0.25, 0.3) is 0 Å². The second-order valence-electron chi connectivity index (χ2n) is 2.69. The molecule has 0 aliphatic carbocycles. The minimum absolute atomic E-state index is 0.109. The first-order chi connectivity index (χ1) is 6.31. The van der Waals surface area contributed by atoms with Gasteiger partial charge in [-0.05, 0) is 26.7 Å². The Balaban J connectivity index is 3.30. The fraction of sp³-hybridized carbons (Fsp3) is 0.545. The number of rotatable bonds is 6. The third-order valence-corrected chi connectivity index (χ3v) is 1.53. The Morgan fingerprint density at radius 1 is 1.15 bits per heavy atom. The summed E-state index contributed by atoms with van der Waals surface area (Å²) in [6.07, 6.45) is 9.91. The lowest BCUT2D eigenvalue weighted by Crippen LogP contribution is -2.04. The molecule has 0 saturated carbocycles. The molecule has 0 aromatic heterocycles. The van der Waals surface area contributed by atoms with E-state index in [1.165, 1.54) is 0 Å². The Morgan fingerprint density at radius 3 is 2.38 bits per heavy atom. The van der Waals surface area contributed by atoms with Crippen molar-refractivity contribution in [2.45, 2.75) is 33.1 Å². The zero-order chi connectivity index (χ0) is 9.94. The maximum absolute atomic E-state index is 11.0. The first kappa shape index (κ1) is 11.9. The molecule has 0 bridgehead atoms. The van der Waals surface area contributed by atoms with Gasteiger partial charge in [0, 0.05) is 6.42 Å². The van der Waals surface area contributed by atoms with Gasteiger partial charge in [-0.25, -0.2) is 0 Å². The van der Waals surface area contributed by atoms with Crippen LogP contribution in [0.5, 0.6) is 0 Å². The average molecular weight is 182 g/mol. The molecule has 0 rings (SSSR count). The highest BCUT2D eigenvalue weighted by Crippen LogP contribution is 1.95. The van der Waals surface area contributed by atoms with Crippen LogP contribution in [0, 0.1) is 0 Å². The number of esters is 1. The van der Waals surface area contributed by atoms with Crippen LogP contribution in [0.1, 0.15) is 33.1 Å². The van der Waals surface area contributed by atoms with Crippen molar-refractivity contribution < 1.29 is 9.53 Å². The first-order valence-corrected chi connectivity index (χ1v) is 4.69. The predicted octanol–water partition coefficient (Wildman–Crippen LogP) is 2.85. The lowest BCUT2D eigenvalue weighted by Gasteiger charge is -2.00. The maximum atomic E-state index is 11.0. The highest BCUT2D eigenvalue weighted by atomic mass is 16.5. The van der Waals surface area contributed by atoms with E-state index >= 15 is 0 Å². The molecule has 0 aliphatic heterocycles. The fourth-order valence-corrected chi connectivity index (χ4v) is 0.847. The number of carbonyl (C=O) groups is 1. The highest BCUT2D eigenvalue weighted by Gasteiger charge is 1.98. The zero-order valence-corrected chi connectivity index (χ0v) is 8.45. The van der Waals surface area contributed by atoms with Crippen LogP contribution >= 0.6 is 0 Å². The first-order valence-electron chi connectivity index (χ1n) is 4.69. The van der Waals surface area contributed by atoms with Crippen LogP contribution in [-0.2, 0) is 9.53 Å². The van der Waals surface area contributed by atoms with Gasteiger partial charge in [0.2, 0.25) is 0 Å². The summed E-state index contributed by atoms with van der Waals surface area (Å²) in [4.78, 5) is 11.0. The molecule has 0 atom stereocenters. The topological polar surface area (TPSA) is 26.3 Å². The minimum atomic E-state index is -0.109. The van der Waals surface area contributed by atoms with Crippen LogP contribution in [0.3, 0.4) is 0 Å². The maximum Gasteiger partial charge on any atom is 0.306 e. The van der Waals surface area contributed by atoms with Gasteiger partial charge in [0.1, 0.15) is 0 Å². The Bertz CT molecular complexity index is 181. The molecule has 0 amide bonds. The SMILES string of the molecule is C/C=C/CCOC(=O)CC/C=C/C. The molecule has 0 saturated heterocycles. The number of hydrogen-bond donors (Lipinski definition) is 0. The summed E-state index contributed by atoms with van der Waals surface area (Å²) in [6, 6.07) is 0. The third-order valence-electron chi connectivity index (χ3n) is 1.53. The molecule has 13 heavy (non-hydrogen) atoms. The van der Waals surface area contributed by atoms with Crippen molar-refractivity contribution in [3.05, 3.63) is 24.3 Å². The quantitative estimate of drug-likeness (QED) is 0.358. The fourth-order valence-electron chi connectivity index (χ4n) is 0.847. The van der Waals surface area contributed by atoms with Crippen molar-refractivity contribution in [3.63, 3.8) is 0 Å². The van der Waals surface area contributed by atoms with Gasteiger partial charge in [-0.1, -0.05) is 24.3 Å². The van der Waals surface area contributed by atoms with Crippen LogP contribution < -0.4 is 0 Å². The summed E-state index contributed by atoms with van der Waals surface area (Å²) in [7, 11) is 0. The Kier molecular flexibility index (Phi) is 8.31. The Morgan fingerprint density at radius 2 is 1.77 bits per heavy atom. The van der Waals surface area contributed by atoms with Crippen molar-refractivity contribution in [3.8, 4) is 0 Å². The van der Waals surface area contributed by atoms with E-state index in [0.717, 1.165) is 12.8 Å². The van der Waals surface area contributed by atoms with E-state index in [0.29, 0.717) is 13.0 Å². The van der Waals surface area contributed by atoms with Crippen LogP contribution in [0.15, 0.2) is 24.3 Å². The molecule has 0 aliphatic rings. The van der Waals surface area contributed by atoms with E-state index in [2.05, 4.69) is 0 Å². The van der Waals surface area contributed by atoms with Gasteiger partial charge >= 0.3 is 5.97 Å². The molecule has 0 unspecified atom stereocenters. The van der Waals surface area contributed by atoms with Gasteiger partial charge in [-0.3, -0.25) is 4.79 Å². The summed E-state index contributed by atoms with van der Waals surface area (Å²) in [5.74, 6) is -0.109. The molecule has 2 heteroatoms. The predicted molar refractivity (Wildman–Crippen MR) is 54.4 cm³/mol. The monoisotopic (exact) mass is 182 g/mol. The van der Waals surface area contributed by atoms with Gasteiger partial charge in [-0.2, -0.15) is 0 Å². The van der Waals surface area contributed by atoms with Crippen molar-refractivity contribution in [1.82, 2.24) is 0 Å². The van der Waals surface area contributed by atoms with Crippen molar-refractivity contribution in [2.75, 3.05) is 6.61 Å². The molecule has 0 fully saturated rings. The standard InChI is InChI=1S/C11H18O2/c1-3-5-7-9-11(12)13-10-8-6-4-2/h3-6H,7-10H2,1-2H3/b5-3+,6-4+. The normalized spacial score (nSPS) is 11.2. The van der Waals surface area contributed by atoms with Crippen molar-refractivity contribution in [1.29, 1.82) is 0 Å². The number of ether oxygens (including phenoxy) is 1. The number of carbonyl (C=O) groups excluding carboxylic acids is 1. The van der Waals surface area contributed by atoms with Gasteiger partial charge in [0.05, 0.1) is 6.61 Å². The average Bonchev–Trinajstić information content (AvgIpc) is 2.13. The zero-order valence-electron chi connectivity index (χ0n) is 8.45. The molecule has 2 nitrogen and oxygen atoms in total. The van der Waals surface area contributed by atoms with Crippen molar-refractivity contribution >= 4 is 5.97 Å².